The monoisotopic (exact) mass is 374 g/mol. The summed E-state index contributed by atoms with van der Waals surface area (Å²) in [5.41, 5.74) is 1.36. The standard InChI is InChI=1S/C23H22N2O3/c1-24-20(11-7-10-17-8-5-4-6-9-17)22(26)25(2)21(23(24)27)16-18-12-14-19(28-3)15-13-18/h4-16H,1-3H3. The molecule has 142 valence electrons. The highest BCUT2D eigenvalue weighted by Gasteiger charge is 2.05. The number of ether oxygens (including phenoxy) is 1. The SMILES string of the molecule is COc1ccc(C=c2c(=O)n(C)c(=CC=Cc3ccccc3)c(=O)n2C)cc1. The first-order valence-corrected chi connectivity index (χ1v) is 8.86. The fourth-order valence-electron chi connectivity index (χ4n) is 2.86. The molecule has 0 saturated carbocycles. The summed E-state index contributed by atoms with van der Waals surface area (Å²) in [4.78, 5) is 25.6. The van der Waals surface area contributed by atoms with E-state index in [2.05, 4.69) is 0 Å². The van der Waals surface area contributed by atoms with E-state index in [1.807, 2.05) is 60.7 Å². The molecule has 5 nitrogen and oxygen atoms in total. The molecule has 1 heterocycles. The molecular weight excluding hydrogens is 352 g/mol. The second-order valence-corrected chi connectivity index (χ2v) is 6.35. The smallest absolute Gasteiger partial charge is 0.274 e. The number of hydrogen-bond donors (Lipinski definition) is 0. The van der Waals surface area contributed by atoms with Crippen molar-refractivity contribution in [3.63, 3.8) is 0 Å². The number of nitrogens with zero attached hydrogens (tertiary/aromatic N) is 2. The lowest BCUT2D eigenvalue weighted by Gasteiger charge is -2.05. The average Bonchev–Trinajstić information content (AvgIpc) is 2.73. The van der Waals surface area contributed by atoms with Gasteiger partial charge in [0.1, 0.15) is 16.4 Å². The Morgan fingerprint density at radius 3 is 2.04 bits per heavy atom. The van der Waals surface area contributed by atoms with E-state index in [0.29, 0.717) is 10.7 Å². The highest BCUT2D eigenvalue weighted by atomic mass is 16.5. The molecule has 3 aromatic rings. The summed E-state index contributed by atoms with van der Waals surface area (Å²) in [6.07, 6.45) is 7.03. The van der Waals surface area contributed by atoms with Gasteiger partial charge in [0.15, 0.2) is 0 Å². The Bertz CT molecular complexity index is 1230. The zero-order valence-electron chi connectivity index (χ0n) is 16.1. The summed E-state index contributed by atoms with van der Waals surface area (Å²) in [5.74, 6) is 0.731. The lowest BCUT2D eigenvalue weighted by atomic mass is 10.2. The largest absolute Gasteiger partial charge is 0.497 e. The molecule has 5 heteroatoms. The van der Waals surface area contributed by atoms with E-state index in [9.17, 15) is 9.59 Å². The molecule has 0 unspecified atom stereocenters. The van der Waals surface area contributed by atoms with Crippen LogP contribution >= 0.6 is 0 Å². The van der Waals surface area contributed by atoms with Crippen LogP contribution in [0, 0.1) is 0 Å². The predicted octanol–water partition coefficient (Wildman–Crippen LogP) is 1.42. The number of rotatable bonds is 4. The maximum absolute atomic E-state index is 12.8. The molecule has 0 N–H and O–H groups in total. The Hall–Kier alpha value is -3.60. The van der Waals surface area contributed by atoms with Crippen molar-refractivity contribution in [1.82, 2.24) is 9.13 Å². The van der Waals surface area contributed by atoms with Crippen LogP contribution in [-0.2, 0) is 14.1 Å². The van der Waals surface area contributed by atoms with Crippen LogP contribution in [-0.4, -0.2) is 16.2 Å². The minimum Gasteiger partial charge on any atom is -0.497 e. The van der Waals surface area contributed by atoms with Gasteiger partial charge in [0, 0.05) is 14.1 Å². The third-order valence-corrected chi connectivity index (χ3v) is 4.53. The summed E-state index contributed by atoms with van der Waals surface area (Å²) in [6, 6.07) is 17.1. The minimum atomic E-state index is -0.239. The molecule has 0 bridgehead atoms. The molecule has 0 aliphatic rings. The Labute approximate surface area is 162 Å². The van der Waals surface area contributed by atoms with Crippen molar-refractivity contribution in [2.75, 3.05) is 7.11 Å². The van der Waals surface area contributed by atoms with Crippen LogP contribution in [0.4, 0.5) is 0 Å². The van der Waals surface area contributed by atoms with Crippen molar-refractivity contribution in [3.05, 3.63) is 103 Å². The van der Waals surface area contributed by atoms with E-state index in [1.165, 1.54) is 9.13 Å². The Morgan fingerprint density at radius 1 is 0.786 bits per heavy atom. The molecular formula is C23H22N2O3. The molecule has 1 aromatic heterocycles. The van der Waals surface area contributed by atoms with Crippen molar-refractivity contribution in [2.45, 2.75) is 0 Å². The fourth-order valence-corrected chi connectivity index (χ4v) is 2.86. The van der Waals surface area contributed by atoms with E-state index in [-0.39, 0.29) is 11.1 Å². The van der Waals surface area contributed by atoms with Crippen molar-refractivity contribution in [2.24, 2.45) is 14.1 Å². The molecule has 3 rings (SSSR count). The summed E-state index contributed by atoms with van der Waals surface area (Å²) in [5, 5.41) is 0.647. The van der Waals surface area contributed by atoms with Gasteiger partial charge in [-0.3, -0.25) is 9.59 Å². The molecule has 0 aliphatic carbocycles. The van der Waals surface area contributed by atoms with Crippen LogP contribution in [0.25, 0.3) is 18.2 Å². The molecule has 28 heavy (non-hydrogen) atoms. The molecule has 0 saturated heterocycles. The van der Waals surface area contributed by atoms with Gasteiger partial charge in [-0.2, -0.15) is 0 Å². The van der Waals surface area contributed by atoms with E-state index < -0.39 is 0 Å². The van der Waals surface area contributed by atoms with Crippen molar-refractivity contribution >= 4 is 18.2 Å². The summed E-state index contributed by atoms with van der Waals surface area (Å²) in [6.45, 7) is 0. The van der Waals surface area contributed by atoms with Gasteiger partial charge in [-0.1, -0.05) is 54.6 Å². The molecule has 2 aromatic carbocycles. The van der Waals surface area contributed by atoms with Crippen molar-refractivity contribution < 1.29 is 4.74 Å². The number of aromatic nitrogens is 2. The van der Waals surface area contributed by atoms with E-state index in [1.54, 1.807) is 39.4 Å². The van der Waals surface area contributed by atoms with Crippen LogP contribution in [0.2, 0.25) is 0 Å². The maximum atomic E-state index is 12.8. The molecule has 0 atom stereocenters. The normalized spacial score (nSPS) is 12.7. The van der Waals surface area contributed by atoms with Gasteiger partial charge in [-0.05, 0) is 35.4 Å². The van der Waals surface area contributed by atoms with Crippen LogP contribution in [0.3, 0.4) is 0 Å². The summed E-state index contributed by atoms with van der Waals surface area (Å²) < 4.78 is 7.91. The van der Waals surface area contributed by atoms with E-state index in [4.69, 9.17) is 4.74 Å². The highest BCUT2D eigenvalue weighted by molar-refractivity contribution is 5.57. The van der Waals surface area contributed by atoms with Gasteiger partial charge < -0.3 is 13.9 Å². The minimum absolute atomic E-state index is 0.237. The summed E-state index contributed by atoms with van der Waals surface area (Å²) in [7, 11) is 4.81. The van der Waals surface area contributed by atoms with Crippen LogP contribution in [0.1, 0.15) is 11.1 Å². The average molecular weight is 374 g/mol. The van der Waals surface area contributed by atoms with Gasteiger partial charge in [0.25, 0.3) is 11.1 Å². The van der Waals surface area contributed by atoms with E-state index in [0.717, 1.165) is 16.9 Å². The van der Waals surface area contributed by atoms with Crippen molar-refractivity contribution in [1.29, 1.82) is 0 Å². The number of hydrogen-bond acceptors (Lipinski definition) is 3. The first kappa shape index (κ1) is 19.2. The van der Waals surface area contributed by atoms with E-state index >= 15 is 0 Å². The molecule has 0 aliphatic heterocycles. The lowest BCUT2D eigenvalue weighted by molar-refractivity contribution is 0.415. The van der Waals surface area contributed by atoms with Crippen LogP contribution < -0.4 is 26.6 Å². The zero-order chi connectivity index (χ0) is 20.1. The quantitative estimate of drug-likeness (QED) is 0.694. The van der Waals surface area contributed by atoms with Gasteiger partial charge in [0.2, 0.25) is 0 Å². The van der Waals surface area contributed by atoms with Crippen molar-refractivity contribution in [3.8, 4) is 5.75 Å². The van der Waals surface area contributed by atoms with Crippen LogP contribution in [0.15, 0.2) is 70.3 Å². The van der Waals surface area contributed by atoms with Crippen LogP contribution in [0.5, 0.6) is 5.75 Å². The van der Waals surface area contributed by atoms with Gasteiger partial charge in [-0.25, -0.2) is 0 Å². The Balaban J connectivity index is 2.10. The Morgan fingerprint density at radius 2 is 1.39 bits per heavy atom. The summed E-state index contributed by atoms with van der Waals surface area (Å²) >= 11 is 0. The first-order chi connectivity index (χ1) is 13.5. The highest BCUT2D eigenvalue weighted by Crippen LogP contribution is 2.11. The van der Waals surface area contributed by atoms with Gasteiger partial charge in [0.05, 0.1) is 7.11 Å². The second kappa shape index (κ2) is 8.39. The molecule has 0 radical (unpaired) electrons. The number of benzene rings is 2. The lowest BCUT2D eigenvalue weighted by Crippen LogP contribution is -2.56. The fraction of sp³-hybridized carbons (Fsp3) is 0.130. The second-order valence-electron chi connectivity index (χ2n) is 6.35. The molecule has 0 spiro atoms. The predicted molar refractivity (Wildman–Crippen MR) is 113 cm³/mol. The van der Waals surface area contributed by atoms with Gasteiger partial charge >= 0.3 is 0 Å². The number of methoxy groups -OCH3 is 1. The zero-order valence-corrected chi connectivity index (χ0v) is 16.1. The first-order valence-electron chi connectivity index (χ1n) is 8.86. The third-order valence-electron chi connectivity index (χ3n) is 4.53. The van der Waals surface area contributed by atoms with Gasteiger partial charge in [-0.15, -0.1) is 0 Å². The maximum Gasteiger partial charge on any atom is 0.274 e. The molecule has 0 amide bonds. The number of allylic oxidation sites excluding steroid dienone is 1. The molecule has 0 fully saturated rings. The Kier molecular flexibility index (Phi) is 5.75. The third kappa shape index (κ3) is 4.04. The topological polar surface area (TPSA) is 53.2 Å².